The number of fused-ring (bicyclic) bond motifs is 1. The molecule has 5 heteroatoms. The van der Waals surface area contributed by atoms with E-state index >= 15 is 0 Å². The second-order valence-electron chi connectivity index (χ2n) is 6.87. The van der Waals surface area contributed by atoms with Crippen molar-refractivity contribution in [3.63, 3.8) is 0 Å². The van der Waals surface area contributed by atoms with E-state index in [-0.39, 0.29) is 18.4 Å². The highest BCUT2D eigenvalue weighted by Crippen LogP contribution is 2.34. The number of nitrogens with one attached hydrogen (secondary N) is 1. The van der Waals surface area contributed by atoms with Gasteiger partial charge in [-0.2, -0.15) is 4.80 Å². The Hall–Kier alpha value is -3.02. The minimum absolute atomic E-state index is 0.0500. The molecule has 3 atom stereocenters. The maximum absolute atomic E-state index is 6.29. The lowest BCUT2D eigenvalue weighted by Gasteiger charge is -2.14. The molecule has 0 spiro atoms. The number of aromatic nitrogens is 3. The molecule has 1 aliphatic rings. The standard InChI is InChI=1S/C22H20N4O/c1-15-21(16-7-3-2-4-8-16)27-22(23-15)17-11-13-18(14-12-17)26-24-19-9-5-6-10-20(19)25-26/h2-15,21-23H,1H3/t15-,21+,22-/m1/s1. The van der Waals surface area contributed by atoms with Crippen LogP contribution in [0.15, 0.2) is 78.9 Å². The Morgan fingerprint density at radius 1 is 0.778 bits per heavy atom. The summed E-state index contributed by atoms with van der Waals surface area (Å²) in [5.74, 6) is 0. The highest BCUT2D eigenvalue weighted by molar-refractivity contribution is 5.73. The van der Waals surface area contributed by atoms with Gasteiger partial charge in [-0.1, -0.05) is 54.6 Å². The molecule has 5 rings (SSSR count). The molecule has 134 valence electrons. The molecule has 2 heterocycles. The maximum Gasteiger partial charge on any atom is 0.135 e. The molecule has 0 unspecified atom stereocenters. The lowest BCUT2D eigenvalue weighted by molar-refractivity contribution is 0.0363. The molecule has 0 bridgehead atoms. The van der Waals surface area contributed by atoms with Crippen molar-refractivity contribution >= 4 is 11.0 Å². The van der Waals surface area contributed by atoms with E-state index in [4.69, 9.17) is 4.74 Å². The maximum atomic E-state index is 6.29. The van der Waals surface area contributed by atoms with E-state index in [2.05, 4.69) is 58.8 Å². The lowest BCUT2D eigenvalue weighted by Crippen LogP contribution is -2.23. The Labute approximate surface area is 157 Å². The third-order valence-electron chi connectivity index (χ3n) is 4.99. The van der Waals surface area contributed by atoms with Gasteiger partial charge >= 0.3 is 0 Å². The summed E-state index contributed by atoms with van der Waals surface area (Å²) in [6.45, 7) is 2.16. The van der Waals surface area contributed by atoms with E-state index in [1.54, 1.807) is 4.80 Å². The molecular weight excluding hydrogens is 336 g/mol. The smallest absolute Gasteiger partial charge is 0.135 e. The Bertz CT molecular complexity index is 1030. The molecule has 0 saturated carbocycles. The first-order chi connectivity index (χ1) is 13.3. The lowest BCUT2D eigenvalue weighted by atomic mass is 10.0. The third kappa shape index (κ3) is 3.01. The highest BCUT2D eigenvalue weighted by Gasteiger charge is 2.33. The van der Waals surface area contributed by atoms with Crippen LogP contribution in [0.3, 0.4) is 0 Å². The largest absolute Gasteiger partial charge is 0.350 e. The first-order valence-electron chi connectivity index (χ1n) is 9.17. The quantitative estimate of drug-likeness (QED) is 0.599. The van der Waals surface area contributed by atoms with Gasteiger partial charge in [-0.05, 0) is 42.3 Å². The van der Waals surface area contributed by atoms with Gasteiger partial charge in [0.25, 0.3) is 0 Å². The van der Waals surface area contributed by atoms with Crippen LogP contribution in [0.1, 0.15) is 30.4 Å². The Balaban J connectivity index is 1.37. The van der Waals surface area contributed by atoms with E-state index in [1.807, 2.05) is 42.5 Å². The van der Waals surface area contributed by atoms with Gasteiger partial charge in [-0.3, -0.25) is 5.32 Å². The number of benzene rings is 3. The van der Waals surface area contributed by atoms with Crippen LogP contribution >= 0.6 is 0 Å². The molecule has 1 saturated heterocycles. The van der Waals surface area contributed by atoms with Crippen LogP contribution in [0.2, 0.25) is 0 Å². The van der Waals surface area contributed by atoms with Crippen molar-refractivity contribution in [2.75, 3.05) is 0 Å². The summed E-state index contributed by atoms with van der Waals surface area (Å²) in [7, 11) is 0. The van der Waals surface area contributed by atoms with E-state index in [0.29, 0.717) is 0 Å². The van der Waals surface area contributed by atoms with Crippen LogP contribution in [-0.4, -0.2) is 21.0 Å². The summed E-state index contributed by atoms with van der Waals surface area (Å²) >= 11 is 0. The monoisotopic (exact) mass is 356 g/mol. The van der Waals surface area contributed by atoms with Gasteiger partial charge in [0.1, 0.15) is 23.4 Å². The van der Waals surface area contributed by atoms with Crippen LogP contribution in [0, 0.1) is 0 Å². The highest BCUT2D eigenvalue weighted by atomic mass is 16.5. The summed E-state index contributed by atoms with van der Waals surface area (Å²) in [5.41, 5.74) is 5.01. The minimum atomic E-state index is -0.121. The van der Waals surface area contributed by atoms with Crippen molar-refractivity contribution < 1.29 is 4.74 Å². The number of rotatable bonds is 3. The normalized spacial score (nSPS) is 22.3. The van der Waals surface area contributed by atoms with Crippen molar-refractivity contribution in [2.45, 2.75) is 25.3 Å². The molecule has 0 radical (unpaired) electrons. The molecule has 4 aromatic rings. The van der Waals surface area contributed by atoms with Crippen LogP contribution in [0.4, 0.5) is 0 Å². The molecule has 27 heavy (non-hydrogen) atoms. The van der Waals surface area contributed by atoms with Gasteiger partial charge in [-0.25, -0.2) is 0 Å². The summed E-state index contributed by atoms with van der Waals surface area (Å²) < 4.78 is 6.29. The minimum Gasteiger partial charge on any atom is -0.350 e. The zero-order valence-corrected chi connectivity index (χ0v) is 15.0. The SMILES string of the molecule is C[C@H]1N[C@@H](c2ccc(-n3nc4ccccc4n3)cc2)O[C@@H]1c1ccccc1. The summed E-state index contributed by atoms with van der Waals surface area (Å²) in [4.78, 5) is 1.67. The topological polar surface area (TPSA) is 52.0 Å². The number of nitrogens with zero attached hydrogens (tertiary/aromatic N) is 3. The van der Waals surface area contributed by atoms with Crippen LogP contribution in [0.5, 0.6) is 0 Å². The molecule has 3 aromatic carbocycles. The van der Waals surface area contributed by atoms with Gasteiger partial charge in [-0.15, -0.1) is 10.2 Å². The van der Waals surface area contributed by atoms with Crippen LogP contribution < -0.4 is 5.32 Å². The molecular formula is C22H20N4O. The van der Waals surface area contributed by atoms with Crippen molar-refractivity contribution in [3.8, 4) is 5.69 Å². The first kappa shape index (κ1) is 16.2. The summed E-state index contributed by atoms with van der Waals surface area (Å²) in [5, 5.41) is 12.6. The van der Waals surface area contributed by atoms with Gasteiger partial charge in [0.2, 0.25) is 0 Å². The van der Waals surface area contributed by atoms with Crippen LogP contribution in [0.25, 0.3) is 16.7 Å². The molecule has 0 amide bonds. The Morgan fingerprint density at radius 2 is 1.41 bits per heavy atom. The zero-order chi connectivity index (χ0) is 18.2. The summed E-state index contributed by atoms with van der Waals surface area (Å²) in [6.07, 6.45) is -0.0714. The van der Waals surface area contributed by atoms with Crippen molar-refractivity contribution in [2.24, 2.45) is 0 Å². The van der Waals surface area contributed by atoms with E-state index < -0.39 is 0 Å². The van der Waals surface area contributed by atoms with Crippen molar-refractivity contribution in [1.29, 1.82) is 0 Å². The van der Waals surface area contributed by atoms with Crippen LogP contribution in [-0.2, 0) is 4.74 Å². The first-order valence-corrected chi connectivity index (χ1v) is 9.17. The molecule has 5 nitrogen and oxygen atoms in total. The second kappa shape index (κ2) is 6.61. The molecule has 0 aliphatic carbocycles. The fourth-order valence-electron chi connectivity index (χ4n) is 3.57. The third-order valence-corrected chi connectivity index (χ3v) is 4.99. The van der Waals surface area contributed by atoms with Crippen molar-refractivity contribution in [3.05, 3.63) is 90.0 Å². The van der Waals surface area contributed by atoms with E-state index in [0.717, 1.165) is 22.3 Å². The molecule has 1 N–H and O–H groups in total. The zero-order valence-electron chi connectivity index (χ0n) is 15.0. The second-order valence-corrected chi connectivity index (χ2v) is 6.87. The predicted octanol–water partition coefficient (Wildman–Crippen LogP) is 4.17. The Kier molecular flexibility index (Phi) is 3.96. The molecule has 1 aromatic heterocycles. The molecule has 1 aliphatic heterocycles. The number of hydrogen-bond acceptors (Lipinski definition) is 4. The fourth-order valence-corrected chi connectivity index (χ4v) is 3.57. The van der Waals surface area contributed by atoms with Gasteiger partial charge in [0.05, 0.1) is 5.69 Å². The summed E-state index contributed by atoms with van der Waals surface area (Å²) in [6, 6.07) is 26.7. The van der Waals surface area contributed by atoms with E-state index in [1.165, 1.54) is 5.56 Å². The Morgan fingerprint density at radius 3 is 2.07 bits per heavy atom. The average Bonchev–Trinajstić information content (AvgIpc) is 3.32. The van der Waals surface area contributed by atoms with Gasteiger partial charge in [0.15, 0.2) is 0 Å². The molecule has 1 fully saturated rings. The number of hydrogen-bond donors (Lipinski definition) is 1. The van der Waals surface area contributed by atoms with Crippen molar-refractivity contribution in [1.82, 2.24) is 20.3 Å². The number of ether oxygens (including phenoxy) is 1. The predicted molar refractivity (Wildman–Crippen MR) is 104 cm³/mol. The van der Waals surface area contributed by atoms with Gasteiger partial charge < -0.3 is 4.74 Å². The fraction of sp³-hybridized carbons (Fsp3) is 0.182. The van der Waals surface area contributed by atoms with E-state index in [9.17, 15) is 0 Å². The average molecular weight is 356 g/mol. The van der Waals surface area contributed by atoms with Gasteiger partial charge in [0, 0.05) is 6.04 Å².